The third-order valence-corrected chi connectivity index (χ3v) is 3.51. The smallest absolute Gasteiger partial charge is 0.100 e. The average Bonchev–Trinajstić information content (AvgIpc) is 3.00. The van der Waals surface area contributed by atoms with Gasteiger partial charge in [-0.15, -0.1) is 0 Å². The van der Waals surface area contributed by atoms with E-state index >= 15 is 0 Å². The Kier molecular flexibility index (Phi) is 4.11. The number of benzene rings is 1. The zero-order valence-corrected chi connectivity index (χ0v) is 11.5. The minimum absolute atomic E-state index is 0.0298. The van der Waals surface area contributed by atoms with Gasteiger partial charge < -0.3 is 14.8 Å². The topological polar surface area (TPSA) is 48.3 Å². The first kappa shape index (κ1) is 13.3. The second-order valence-corrected chi connectivity index (χ2v) is 4.80. The van der Waals surface area contributed by atoms with Gasteiger partial charge in [-0.2, -0.15) is 5.10 Å². The third-order valence-electron chi connectivity index (χ3n) is 3.51. The fraction of sp³-hybridized carbons (Fsp3) is 0.400. The van der Waals surface area contributed by atoms with E-state index in [-0.39, 0.29) is 12.1 Å². The Balaban J connectivity index is 1.80. The number of nitrogens with one attached hydrogen (secondary N) is 1. The van der Waals surface area contributed by atoms with Crippen molar-refractivity contribution < 1.29 is 9.47 Å². The molecular formula is C15H19N3O2. The molecule has 1 aliphatic rings. The van der Waals surface area contributed by atoms with Gasteiger partial charge in [0, 0.05) is 11.8 Å². The van der Waals surface area contributed by atoms with Crippen molar-refractivity contribution in [3.05, 3.63) is 48.3 Å². The highest BCUT2D eigenvalue weighted by molar-refractivity contribution is 5.31. The van der Waals surface area contributed by atoms with Crippen molar-refractivity contribution in [1.29, 1.82) is 0 Å². The summed E-state index contributed by atoms with van der Waals surface area (Å²) in [5.41, 5.74) is 2.15. The molecule has 3 rings (SSSR count). The van der Waals surface area contributed by atoms with Gasteiger partial charge in [0.05, 0.1) is 37.7 Å². The summed E-state index contributed by atoms with van der Waals surface area (Å²) in [6, 6.07) is 10.2. The van der Waals surface area contributed by atoms with Crippen LogP contribution in [0, 0.1) is 0 Å². The average molecular weight is 273 g/mol. The molecule has 0 bridgehead atoms. The van der Waals surface area contributed by atoms with E-state index in [4.69, 9.17) is 9.47 Å². The monoisotopic (exact) mass is 273 g/mol. The molecule has 1 aromatic carbocycles. The summed E-state index contributed by atoms with van der Waals surface area (Å²) in [7, 11) is 1.93. The molecule has 2 aromatic rings. The van der Waals surface area contributed by atoms with E-state index in [0.717, 1.165) is 11.3 Å². The van der Waals surface area contributed by atoms with E-state index in [1.54, 1.807) is 0 Å². The first-order valence-corrected chi connectivity index (χ1v) is 6.85. The second-order valence-electron chi connectivity index (χ2n) is 4.80. The van der Waals surface area contributed by atoms with Gasteiger partial charge in [0.2, 0.25) is 0 Å². The molecule has 106 valence electrons. The largest absolute Gasteiger partial charge is 0.376 e. The Labute approximate surface area is 118 Å². The summed E-state index contributed by atoms with van der Waals surface area (Å²) in [4.78, 5) is 0. The minimum Gasteiger partial charge on any atom is -0.376 e. The van der Waals surface area contributed by atoms with Crippen molar-refractivity contribution in [3.8, 4) is 5.69 Å². The molecule has 5 nitrogen and oxygen atoms in total. The minimum atomic E-state index is 0.0298. The van der Waals surface area contributed by atoms with Crippen LogP contribution >= 0.6 is 0 Å². The Morgan fingerprint density at radius 1 is 1.30 bits per heavy atom. The lowest BCUT2D eigenvalue weighted by Crippen LogP contribution is -2.39. The van der Waals surface area contributed by atoms with Crippen LogP contribution in [0.25, 0.3) is 5.69 Å². The van der Waals surface area contributed by atoms with Gasteiger partial charge in [-0.3, -0.25) is 0 Å². The van der Waals surface area contributed by atoms with E-state index in [1.165, 1.54) is 0 Å². The quantitative estimate of drug-likeness (QED) is 0.918. The summed E-state index contributed by atoms with van der Waals surface area (Å²) in [5.74, 6) is 0. The van der Waals surface area contributed by atoms with Crippen LogP contribution in [0.15, 0.2) is 42.7 Å². The number of para-hydroxylation sites is 1. The van der Waals surface area contributed by atoms with Crippen molar-refractivity contribution in [1.82, 2.24) is 15.1 Å². The lowest BCUT2D eigenvalue weighted by molar-refractivity contribution is -0.101. The van der Waals surface area contributed by atoms with Crippen LogP contribution in [0.5, 0.6) is 0 Å². The Bertz CT molecular complexity index is 535. The molecule has 0 spiro atoms. The number of aromatic nitrogens is 2. The molecule has 0 aliphatic carbocycles. The van der Waals surface area contributed by atoms with Gasteiger partial charge in [0.15, 0.2) is 0 Å². The summed E-state index contributed by atoms with van der Waals surface area (Å²) in [6.45, 7) is 1.94. The fourth-order valence-electron chi connectivity index (χ4n) is 2.48. The first-order valence-electron chi connectivity index (χ1n) is 6.85. The van der Waals surface area contributed by atoms with Crippen LogP contribution < -0.4 is 5.32 Å². The number of hydrogen-bond donors (Lipinski definition) is 1. The molecule has 2 heterocycles. The lowest BCUT2D eigenvalue weighted by Gasteiger charge is -2.29. The highest BCUT2D eigenvalue weighted by Crippen LogP contribution is 2.21. The number of hydrogen-bond acceptors (Lipinski definition) is 4. The second kappa shape index (κ2) is 6.17. The third kappa shape index (κ3) is 2.75. The van der Waals surface area contributed by atoms with Crippen molar-refractivity contribution >= 4 is 0 Å². The maximum atomic E-state index is 5.78. The summed E-state index contributed by atoms with van der Waals surface area (Å²) < 4.78 is 13.1. The standard InChI is InChI=1S/C15H19N3O2/c1-16-15(14-11-19-7-8-20-14)12-9-17-18(10-12)13-5-3-2-4-6-13/h2-6,9-10,14-16H,7-8,11H2,1H3. The molecule has 2 atom stereocenters. The summed E-state index contributed by atoms with van der Waals surface area (Å²) >= 11 is 0. The molecule has 1 N–H and O–H groups in total. The Morgan fingerprint density at radius 3 is 2.85 bits per heavy atom. The van der Waals surface area contributed by atoms with Crippen molar-refractivity contribution in [3.63, 3.8) is 0 Å². The highest BCUT2D eigenvalue weighted by atomic mass is 16.6. The zero-order valence-electron chi connectivity index (χ0n) is 11.5. The molecule has 0 saturated carbocycles. The molecule has 2 unspecified atom stereocenters. The molecule has 1 aromatic heterocycles. The van der Waals surface area contributed by atoms with Crippen molar-refractivity contribution in [2.45, 2.75) is 12.1 Å². The molecule has 5 heteroatoms. The van der Waals surface area contributed by atoms with Crippen LogP contribution in [0.2, 0.25) is 0 Å². The maximum Gasteiger partial charge on any atom is 0.100 e. The van der Waals surface area contributed by atoms with Gasteiger partial charge in [0.25, 0.3) is 0 Å². The van der Waals surface area contributed by atoms with E-state index in [0.29, 0.717) is 19.8 Å². The first-order chi connectivity index (χ1) is 9.88. The highest BCUT2D eigenvalue weighted by Gasteiger charge is 2.26. The van der Waals surface area contributed by atoms with Gasteiger partial charge in [-0.25, -0.2) is 4.68 Å². The SMILES string of the molecule is CNC(c1cnn(-c2ccccc2)c1)C1COCCO1. The number of ether oxygens (including phenoxy) is 2. The number of nitrogens with zero attached hydrogens (tertiary/aromatic N) is 2. The van der Waals surface area contributed by atoms with Crippen LogP contribution in [-0.4, -0.2) is 42.8 Å². The summed E-state index contributed by atoms with van der Waals surface area (Å²) in [5, 5.41) is 7.72. The van der Waals surface area contributed by atoms with Gasteiger partial charge in [-0.1, -0.05) is 18.2 Å². The van der Waals surface area contributed by atoms with Crippen LogP contribution in [0.1, 0.15) is 11.6 Å². The number of rotatable bonds is 4. The van der Waals surface area contributed by atoms with Crippen LogP contribution in [-0.2, 0) is 9.47 Å². The van der Waals surface area contributed by atoms with Gasteiger partial charge in [-0.05, 0) is 19.2 Å². The Hall–Kier alpha value is -1.69. The normalized spacial score (nSPS) is 20.8. The fourth-order valence-corrected chi connectivity index (χ4v) is 2.48. The summed E-state index contributed by atoms with van der Waals surface area (Å²) in [6.07, 6.45) is 3.95. The molecule has 1 saturated heterocycles. The van der Waals surface area contributed by atoms with E-state index in [2.05, 4.69) is 10.4 Å². The Morgan fingerprint density at radius 2 is 2.15 bits per heavy atom. The molecule has 1 aliphatic heterocycles. The molecular weight excluding hydrogens is 254 g/mol. The molecule has 20 heavy (non-hydrogen) atoms. The van der Waals surface area contributed by atoms with E-state index in [9.17, 15) is 0 Å². The lowest BCUT2D eigenvalue weighted by atomic mass is 10.1. The van der Waals surface area contributed by atoms with Crippen LogP contribution in [0.4, 0.5) is 0 Å². The molecule has 0 radical (unpaired) electrons. The number of likely N-dealkylation sites (N-methyl/N-ethyl adjacent to an activating group) is 1. The van der Waals surface area contributed by atoms with Crippen molar-refractivity contribution in [2.75, 3.05) is 26.9 Å². The predicted octanol–water partition coefficient (Wildman–Crippen LogP) is 1.55. The van der Waals surface area contributed by atoms with E-state index < -0.39 is 0 Å². The van der Waals surface area contributed by atoms with Crippen molar-refractivity contribution in [2.24, 2.45) is 0 Å². The van der Waals surface area contributed by atoms with Crippen LogP contribution in [0.3, 0.4) is 0 Å². The van der Waals surface area contributed by atoms with Gasteiger partial charge in [0.1, 0.15) is 6.10 Å². The maximum absolute atomic E-state index is 5.78. The van der Waals surface area contributed by atoms with Gasteiger partial charge >= 0.3 is 0 Å². The zero-order chi connectivity index (χ0) is 13.8. The predicted molar refractivity (Wildman–Crippen MR) is 75.9 cm³/mol. The van der Waals surface area contributed by atoms with E-state index in [1.807, 2.05) is 54.5 Å². The molecule has 0 amide bonds. The molecule has 1 fully saturated rings.